The third-order valence-electron chi connectivity index (χ3n) is 2.27. The van der Waals surface area contributed by atoms with Crippen molar-refractivity contribution in [3.8, 4) is 0 Å². The number of H-pyrrole nitrogens is 1. The van der Waals surface area contributed by atoms with Gasteiger partial charge in [0.05, 0.1) is 5.69 Å². The molecule has 2 aromatic heterocycles. The summed E-state index contributed by atoms with van der Waals surface area (Å²) < 4.78 is 0. The number of nitrogens with zero attached hydrogens (tertiary/aromatic N) is 2. The van der Waals surface area contributed by atoms with E-state index >= 15 is 0 Å². The van der Waals surface area contributed by atoms with E-state index in [1.54, 1.807) is 6.33 Å². The fourth-order valence-electron chi connectivity index (χ4n) is 1.67. The molecule has 0 aromatic carbocycles. The Morgan fingerprint density at radius 3 is 2.57 bits per heavy atom. The number of hydrogen-bond donors (Lipinski definition) is 1. The van der Waals surface area contributed by atoms with Crippen molar-refractivity contribution in [3.63, 3.8) is 0 Å². The molecule has 0 unspecified atom stereocenters. The Labute approximate surface area is 83.6 Å². The van der Waals surface area contributed by atoms with Crippen LogP contribution in [0.2, 0.25) is 0 Å². The normalized spacial score (nSPS) is 12.3. The molecule has 0 amide bonds. The molecule has 2 rings (SSSR count). The van der Waals surface area contributed by atoms with Gasteiger partial charge in [0.15, 0.2) is 0 Å². The summed E-state index contributed by atoms with van der Waals surface area (Å²) in [5, 5.41) is 1.14. The molecule has 0 atom stereocenters. The lowest BCUT2D eigenvalue weighted by atomic mass is 9.90. The van der Waals surface area contributed by atoms with E-state index in [9.17, 15) is 0 Å². The Hall–Kier alpha value is -1.38. The summed E-state index contributed by atoms with van der Waals surface area (Å²) >= 11 is 0. The number of aromatic amines is 1. The molecule has 2 heterocycles. The molecule has 0 fully saturated rings. The van der Waals surface area contributed by atoms with Crippen molar-refractivity contribution in [3.05, 3.63) is 23.8 Å². The Kier molecular flexibility index (Phi) is 1.84. The molecule has 0 aliphatic carbocycles. The first-order chi connectivity index (χ1) is 6.48. The molecule has 74 valence electrons. The highest BCUT2D eigenvalue weighted by atomic mass is 14.9. The molecule has 14 heavy (non-hydrogen) atoms. The average molecular weight is 189 g/mol. The monoisotopic (exact) mass is 189 g/mol. The summed E-state index contributed by atoms with van der Waals surface area (Å²) in [5.74, 6) is 0. The van der Waals surface area contributed by atoms with Gasteiger partial charge in [-0.05, 0) is 13.0 Å². The van der Waals surface area contributed by atoms with Gasteiger partial charge in [-0.25, -0.2) is 9.97 Å². The van der Waals surface area contributed by atoms with Crippen LogP contribution in [0.25, 0.3) is 11.0 Å². The summed E-state index contributed by atoms with van der Waals surface area (Å²) in [6, 6.07) is 2.11. The zero-order chi connectivity index (χ0) is 10.3. The topological polar surface area (TPSA) is 41.6 Å². The van der Waals surface area contributed by atoms with Gasteiger partial charge >= 0.3 is 0 Å². The van der Waals surface area contributed by atoms with Gasteiger partial charge in [-0.1, -0.05) is 20.8 Å². The minimum atomic E-state index is 0.0653. The second-order valence-corrected chi connectivity index (χ2v) is 4.69. The van der Waals surface area contributed by atoms with Crippen LogP contribution in [0.1, 0.15) is 32.2 Å². The number of nitrogens with one attached hydrogen (secondary N) is 1. The van der Waals surface area contributed by atoms with E-state index in [2.05, 4.69) is 41.8 Å². The van der Waals surface area contributed by atoms with Gasteiger partial charge in [-0.2, -0.15) is 0 Å². The third kappa shape index (κ3) is 1.39. The third-order valence-corrected chi connectivity index (χ3v) is 2.27. The molecule has 0 aliphatic heterocycles. The first kappa shape index (κ1) is 9.19. The quantitative estimate of drug-likeness (QED) is 0.692. The summed E-state index contributed by atoms with van der Waals surface area (Å²) in [6.07, 6.45) is 1.62. The van der Waals surface area contributed by atoms with Crippen LogP contribution in [0.15, 0.2) is 12.4 Å². The van der Waals surface area contributed by atoms with Crippen LogP contribution in [-0.2, 0) is 5.41 Å². The number of hydrogen-bond acceptors (Lipinski definition) is 2. The summed E-state index contributed by atoms with van der Waals surface area (Å²) in [7, 11) is 0. The van der Waals surface area contributed by atoms with Gasteiger partial charge in [0.2, 0.25) is 0 Å². The van der Waals surface area contributed by atoms with Gasteiger partial charge in [0.25, 0.3) is 0 Å². The zero-order valence-electron chi connectivity index (χ0n) is 9.05. The maximum Gasteiger partial charge on any atom is 0.141 e. The van der Waals surface area contributed by atoms with Crippen LogP contribution in [0, 0.1) is 6.92 Å². The maximum absolute atomic E-state index is 4.36. The number of fused-ring (bicyclic) bond motifs is 1. The lowest BCUT2D eigenvalue weighted by Gasteiger charge is -2.17. The highest BCUT2D eigenvalue weighted by molar-refractivity contribution is 5.79. The van der Waals surface area contributed by atoms with Crippen LogP contribution in [0.5, 0.6) is 0 Å². The molecule has 2 aromatic rings. The highest BCUT2D eigenvalue weighted by Crippen LogP contribution is 2.26. The molecule has 0 spiro atoms. The molecule has 0 bridgehead atoms. The van der Waals surface area contributed by atoms with Crippen molar-refractivity contribution < 1.29 is 0 Å². The van der Waals surface area contributed by atoms with Crippen molar-refractivity contribution in [1.82, 2.24) is 15.0 Å². The van der Waals surface area contributed by atoms with Crippen LogP contribution in [-0.4, -0.2) is 15.0 Å². The van der Waals surface area contributed by atoms with E-state index < -0.39 is 0 Å². The predicted octanol–water partition coefficient (Wildman–Crippen LogP) is 2.56. The van der Waals surface area contributed by atoms with Crippen molar-refractivity contribution >= 4 is 11.0 Å². The van der Waals surface area contributed by atoms with Crippen LogP contribution < -0.4 is 0 Å². The fraction of sp³-hybridized carbons (Fsp3) is 0.455. The second kappa shape index (κ2) is 2.80. The number of rotatable bonds is 0. The van der Waals surface area contributed by atoms with Crippen LogP contribution in [0.3, 0.4) is 0 Å². The van der Waals surface area contributed by atoms with Crippen molar-refractivity contribution in [2.45, 2.75) is 33.1 Å². The van der Waals surface area contributed by atoms with E-state index in [-0.39, 0.29) is 5.41 Å². The number of aromatic nitrogens is 3. The first-order valence-corrected chi connectivity index (χ1v) is 4.79. The molecule has 0 saturated carbocycles. The average Bonchev–Trinajstić information content (AvgIpc) is 2.41. The Bertz CT molecular complexity index is 463. The lowest BCUT2D eigenvalue weighted by Crippen LogP contribution is -2.13. The zero-order valence-corrected chi connectivity index (χ0v) is 9.05. The minimum absolute atomic E-state index is 0.0653. The first-order valence-electron chi connectivity index (χ1n) is 4.79. The fourth-order valence-corrected chi connectivity index (χ4v) is 1.67. The molecular formula is C11H15N3. The van der Waals surface area contributed by atoms with E-state index in [4.69, 9.17) is 0 Å². The van der Waals surface area contributed by atoms with Crippen LogP contribution >= 0.6 is 0 Å². The van der Waals surface area contributed by atoms with E-state index in [0.29, 0.717) is 0 Å². The van der Waals surface area contributed by atoms with Crippen molar-refractivity contribution in [2.24, 2.45) is 0 Å². The molecular weight excluding hydrogens is 174 g/mol. The Morgan fingerprint density at radius 1 is 1.21 bits per heavy atom. The molecule has 0 aliphatic rings. The molecule has 3 heteroatoms. The lowest BCUT2D eigenvalue weighted by molar-refractivity contribution is 0.574. The Balaban J connectivity index is 2.77. The Morgan fingerprint density at radius 2 is 1.93 bits per heavy atom. The van der Waals surface area contributed by atoms with Gasteiger partial charge in [-0.3, -0.25) is 0 Å². The SMILES string of the molecule is Cc1cc2c(C(C)(C)C)ncnc2[nH]1. The second-order valence-electron chi connectivity index (χ2n) is 4.69. The van der Waals surface area contributed by atoms with Gasteiger partial charge in [0, 0.05) is 16.5 Å². The smallest absolute Gasteiger partial charge is 0.141 e. The van der Waals surface area contributed by atoms with E-state index in [0.717, 1.165) is 22.4 Å². The highest BCUT2D eigenvalue weighted by Gasteiger charge is 2.19. The van der Waals surface area contributed by atoms with E-state index in [1.165, 1.54) is 0 Å². The van der Waals surface area contributed by atoms with Gasteiger partial charge in [0.1, 0.15) is 12.0 Å². The van der Waals surface area contributed by atoms with E-state index in [1.807, 2.05) is 6.92 Å². The molecule has 1 N–H and O–H groups in total. The summed E-state index contributed by atoms with van der Waals surface area (Å²) in [4.78, 5) is 11.8. The van der Waals surface area contributed by atoms with Gasteiger partial charge in [-0.15, -0.1) is 0 Å². The molecule has 0 saturated heterocycles. The molecule has 0 radical (unpaired) electrons. The minimum Gasteiger partial charge on any atom is -0.343 e. The predicted molar refractivity (Wildman–Crippen MR) is 57.3 cm³/mol. The summed E-state index contributed by atoms with van der Waals surface area (Å²) in [6.45, 7) is 8.53. The maximum atomic E-state index is 4.36. The number of aryl methyl sites for hydroxylation is 1. The van der Waals surface area contributed by atoms with Crippen molar-refractivity contribution in [1.29, 1.82) is 0 Å². The van der Waals surface area contributed by atoms with Crippen LogP contribution in [0.4, 0.5) is 0 Å². The molecule has 3 nitrogen and oxygen atoms in total. The largest absolute Gasteiger partial charge is 0.343 e. The standard InChI is InChI=1S/C11H15N3/c1-7-5-8-9(11(2,3)4)12-6-13-10(8)14-7/h5-6H,1-4H3,(H,12,13,14). The summed E-state index contributed by atoms with van der Waals surface area (Å²) in [5.41, 5.74) is 3.23. The van der Waals surface area contributed by atoms with Gasteiger partial charge < -0.3 is 4.98 Å². The van der Waals surface area contributed by atoms with Crippen molar-refractivity contribution in [2.75, 3.05) is 0 Å².